The molecule has 0 saturated heterocycles. The van der Waals surface area contributed by atoms with Crippen LogP contribution in [0.15, 0.2) is 18.2 Å². The fraction of sp³-hybridized carbons (Fsp3) is 0.471. The van der Waals surface area contributed by atoms with Gasteiger partial charge in [0.1, 0.15) is 6.61 Å². The molecule has 0 aliphatic rings. The molecule has 20 heavy (non-hydrogen) atoms. The SMILES string of the molecule is CCCC(C)(C)NC(=O)c1ccc(C)cc1C#CCO. The molecule has 1 amide bonds. The largest absolute Gasteiger partial charge is 0.384 e. The van der Waals surface area contributed by atoms with Crippen LogP contribution in [0.3, 0.4) is 0 Å². The Balaban J connectivity index is 3.03. The average Bonchev–Trinajstić information content (AvgIpc) is 2.35. The molecule has 0 bridgehead atoms. The van der Waals surface area contributed by atoms with Crippen molar-refractivity contribution in [2.45, 2.75) is 46.1 Å². The summed E-state index contributed by atoms with van der Waals surface area (Å²) in [6.07, 6.45) is 1.93. The molecule has 1 rings (SSSR count). The van der Waals surface area contributed by atoms with Crippen molar-refractivity contribution in [3.05, 3.63) is 34.9 Å². The van der Waals surface area contributed by atoms with Crippen LogP contribution in [0.4, 0.5) is 0 Å². The second-order valence-corrected chi connectivity index (χ2v) is 5.60. The quantitative estimate of drug-likeness (QED) is 0.829. The highest BCUT2D eigenvalue weighted by atomic mass is 16.2. The summed E-state index contributed by atoms with van der Waals surface area (Å²) in [6.45, 7) is 7.87. The molecule has 3 nitrogen and oxygen atoms in total. The summed E-state index contributed by atoms with van der Waals surface area (Å²) >= 11 is 0. The van der Waals surface area contributed by atoms with Crippen molar-refractivity contribution in [3.63, 3.8) is 0 Å². The molecule has 2 N–H and O–H groups in total. The number of hydrogen-bond acceptors (Lipinski definition) is 2. The van der Waals surface area contributed by atoms with Gasteiger partial charge < -0.3 is 10.4 Å². The molecule has 108 valence electrons. The second-order valence-electron chi connectivity index (χ2n) is 5.60. The topological polar surface area (TPSA) is 49.3 Å². The molecule has 0 spiro atoms. The van der Waals surface area contributed by atoms with E-state index in [0.29, 0.717) is 11.1 Å². The zero-order chi connectivity index (χ0) is 15.2. The van der Waals surface area contributed by atoms with Crippen molar-refractivity contribution >= 4 is 5.91 Å². The van der Waals surface area contributed by atoms with Crippen LogP contribution >= 0.6 is 0 Å². The van der Waals surface area contributed by atoms with Gasteiger partial charge in [0.15, 0.2) is 0 Å². The van der Waals surface area contributed by atoms with Gasteiger partial charge in [-0.1, -0.05) is 31.3 Å². The zero-order valence-corrected chi connectivity index (χ0v) is 12.7. The molecule has 1 aromatic carbocycles. The maximum Gasteiger partial charge on any atom is 0.252 e. The van der Waals surface area contributed by atoms with Gasteiger partial charge in [-0.25, -0.2) is 0 Å². The van der Waals surface area contributed by atoms with Gasteiger partial charge in [-0.3, -0.25) is 4.79 Å². The predicted octanol–water partition coefficient (Wildman–Crippen LogP) is 2.65. The van der Waals surface area contributed by atoms with E-state index < -0.39 is 0 Å². The van der Waals surface area contributed by atoms with Crippen molar-refractivity contribution in [2.75, 3.05) is 6.61 Å². The lowest BCUT2D eigenvalue weighted by atomic mass is 9.97. The predicted molar refractivity (Wildman–Crippen MR) is 81.6 cm³/mol. The number of aryl methyl sites for hydroxylation is 1. The summed E-state index contributed by atoms with van der Waals surface area (Å²) in [5.74, 6) is 5.32. The van der Waals surface area contributed by atoms with Crippen molar-refractivity contribution < 1.29 is 9.90 Å². The molecule has 0 aromatic heterocycles. The van der Waals surface area contributed by atoms with Crippen molar-refractivity contribution in [3.8, 4) is 11.8 Å². The third kappa shape index (κ3) is 4.71. The minimum absolute atomic E-state index is 0.120. The van der Waals surface area contributed by atoms with E-state index in [1.165, 1.54) is 0 Å². The van der Waals surface area contributed by atoms with Crippen molar-refractivity contribution in [1.82, 2.24) is 5.32 Å². The Morgan fingerprint density at radius 3 is 2.70 bits per heavy atom. The van der Waals surface area contributed by atoms with Crippen LogP contribution in [0.5, 0.6) is 0 Å². The summed E-state index contributed by atoms with van der Waals surface area (Å²) in [5, 5.41) is 11.8. The first-order valence-electron chi connectivity index (χ1n) is 6.92. The number of rotatable bonds is 4. The smallest absolute Gasteiger partial charge is 0.252 e. The van der Waals surface area contributed by atoms with Gasteiger partial charge in [0, 0.05) is 11.1 Å². The number of aliphatic hydroxyl groups excluding tert-OH is 1. The number of carbonyl (C=O) groups is 1. The highest BCUT2D eigenvalue weighted by molar-refractivity contribution is 5.97. The van der Waals surface area contributed by atoms with Crippen LogP contribution in [-0.4, -0.2) is 23.2 Å². The van der Waals surface area contributed by atoms with Gasteiger partial charge >= 0.3 is 0 Å². The standard InChI is InChI=1S/C17H23NO2/c1-5-10-17(3,4)18-16(20)15-9-8-13(2)12-14(15)7-6-11-19/h8-9,12,19H,5,10-11H2,1-4H3,(H,18,20). The Morgan fingerprint density at radius 2 is 2.10 bits per heavy atom. The molecule has 0 aliphatic carbocycles. The Kier molecular flexibility index (Phi) is 5.79. The minimum atomic E-state index is -0.238. The van der Waals surface area contributed by atoms with Gasteiger partial charge in [-0.2, -0.15) is 0 Å². The van der Waals surface area contributed by atoms with E-state index in [2.05, 4.69) is 24.1 Å². The number of nitrogens with one attached hydrogen (secondary N) is 1. The van der Waals surface area contributed by atoms with Crippen LogP contribution in [-0.2, 0) is 0 Å². The Bertz CT molecular complexity index is 536. The lowest BCUT2D eigenvalue weighted by Crippen LogP contribution is -2.43. The van der Waals surface area contributed by atoms with Gasteiger partial charge in [0.25, 0.3) is 5.91 Å². The van der Waals surface area contributed by atoms with E-state index in [4.69, 9.17) is 5.11 Å². The molecule has 3 heteroatoms. The Morgan fingerprint density at radius 1 is 1.40 bits per heavy atom. The fourth-order valence-electron chi connectivity index (χ4n) is 2.16. The lowest BCUT2D eigenvalue weighted by Gasteiger charge is -2.26. The number of benzene rings is 1. The van der Waals surface area contributed by atoms with Crippen LogP contribution in [0.25, 0.3) is 0 Å². The summed E-state index contributed by atoms with van der Waals surface area (Å²) in [5.41, 5.74) is 2.01. The normalized spacial score (nSPS) is 10.7. The molecule has 0 fully saturated rings. The summed E-state index contributed by atoms with van der Waals surface area (Å²) in [7, 11) is 0. The highest BCUT2D eigenvalue weighted by Crippen LogP contribution is 2.15. The molecule has 0 aliphatic heterocycles. The number of amides is 1. The first-order valence-corrected chi connectivity index (χ1v) is 6.92. The number of aliphatic hydroxyl groups is 1. The van der Waals surface area contributed by atoms with Crippen LogP contribution < -0.4 is 5.32 Å². The summed E-state index contributed by atoms with van der Waals surface area (Å²) in [4.78, 5) is 12.4. The minimum Gasteiger partial charge on any atom is -0.384 e. The van der Waals surface area contributed by atoms with E-state index >= 15 is 0 Å². The third-order valence-corrected chi connectivity index (χ3v) is 3.05. The first-order chi connectivity index (χ1) is 9.39. The Hall–Kier alpha value is -1.79. The lowest BCUT2D eigenvalue weighted by molar-refractivity contribution is 0.0909. The van der Waals surface area contributed by atoms with E-state index in [1.807, 2.05) is 32.9 Å². The van der Waals surface area contributed by atoms with Crippen LogP contribution in [0.1, 0.15) is 55.1 Å². The molecule has 0 atom stereocenters. The van der Waals surface area contributed by atoms with E-state index in [9.17, 15) is 4.79 Å². The zero-order valence-electron chi connectivity index (χ0n) is 12.7. The highest BCUT2D eigenvalue weighted by Gasteiger charge is 2.21. The number of hydrogen-bond donors (Lipinski definition) is 2. The van der Waals surface area contributed by atoms with Crippen molar-refractivity contribution in [2.24, 2.45) is 0 Å². The summed E-state index contributed by atoms with van der Waals surface area (Å²) < 4.78 is 0. The molecule has 1 aromatic rings. The fourth-order valence-corrected chi connectivity index (χ4v) is 2.16. The number of carbonyl (C=O) groups excluding carboxylic acids is 1. The molecular weight excluding hydrogens is 250 g/mol. The molecule has 0 radical (unpaired) electrons. The van der Waals surface area contributed by atoms with Gasteiger partial charge in [-0.05, 0) is 44.9 Å². The van der Waals surface area contributed by atoms with Gasteiger partial charge in [-0.15, -0.1) is 0 Å². The third-order valence-electron chi connectivity index (χ3n) is 3.05. The monoisotopic (exact) mass is 273 g/mol. The Labute approximate surface area is 121 Å². The van der Waals surface area contributed by atoms with Gasteiger partial charge in [0.2, 0.25) is 0 Å². The second kappa shape index (κ2) is 7.12. The maximum absolute atomic E-state index is 12.4. The van der Waals surface area contributed by atoms with Crippen LogP contribution in [0, 0.1) is 18.8 Å². The van der Waals surface area contributed by atoms with Gasteiger partial charge in [0.05, 0.1) is 5.56 Å². The van der Waals surface area contributed by atoms with E-state index in [-0.39, 0.29) is 18.1 Å². The van der Waals surface area contributed by atoms with E-state index in [1.54, 1.807) is 6.07 Å². The molecular formula is C17H23NO2. The molecule has 0 heterocycles. The summed E-state index contributed by atoms with van der Waals surface area (Å²) in [6, 6.07) is 5.55. The average molecular weight is 273 g/mol. The maximum atomic E-state index is 12.4. The van der Waals surface area contributed by atoms with Crippen molar-refractivity contribution in [1.29, 1.82) is 0 Å². The molecule has 0 saturated carbocycles. The first kappa shape index (κ1) is 16.3. The van der Waals surface area contributed by atoms with E-state index in [0.717, 1.165) is 18.4 Å². The molecule has 0 unspecified atom stereocenters. The van der Waals surface area contributed by atoms with Crippen LogP contribution in [0.2, 0.25) is 0 Å².